The van der Waals surface area contributed by atoms with Gasteiger partial charge in [-0.3, -0.25) is 0 Å². The molecule has 0 saturated carbocycles. The minimum Gasteiger partial charge on any atom is -0.506 e. The van der Waals surface area contributed by atoms with Gasteiger partial charge in [0, 0.05) is 5.02 Å². The number of phenols is 1. The molecule has 2 aromatic rings. The average molecular weight is 369 g/mol. The van der Waals surface area contributed by atoms with Crippen molar-refractivity contribution >= 4 is 68.9 Å². The quantitative estimate of drug-likeness (QED) is 0.617. The summed E-state index contributed by atoms with van der Waals surface area (Å²) in [6.07, 6.45) is 0. The number of hydrogen-bond acceptors (Lipinski definition) is 2. The predicted molar refractivity (Wildman–Crippen MR) is 86.6 cm³/mol. The Morgan fingerprint density at radius 2 is 1.55 bits per heavy atom. The summed E-state index contributed by atoms with van der Waals surface area (Å²) in [4.78, 5) is 4.11. The third-order valence-electron chi connectivity index (χ3n) is 2.40. The molecule has 20 heavy (non-hydrogen) atoms. The lowest BCUT2D eigenvalue weighted by Crippen LogP contribution is -1.92. The molecule has 0 unspecified atom stereocenters. The molecule has 0 aliphatic carbocycles. The zero-order chi connectivity index (χ0) is 14.9. The Morgan fingerprint density at radius 3 is 2.15 bits per heavy atom. The van der Waals surface area contributed by atoms with Crippen LogP contribution in [0.25, 0.3) is 0 Å². The summed E-state index contributed by atoms with van der Waals surface area (Å²) in [7, 11) is 0. The second kappa shape index (κ2) is 6.42. The van der Waals surface area contributed by atoms with E-state index in [1.807, 2.05) is 0 Å². The molecule has 0 radical (unpaired) electrons. The van der Waals surface area contributed by atoms with E-state index >= 15 is 0 Å². The molecule has 0 fully saturated rings. The van der Waals surface area contributed by atoms with E-state index in [1.54, 1.807) is 12.1 Å². The highest BCUT2D eigenvalue weighted by Gasteiger charge is 2.12. The molecule has 0 bridgehead atoms. The van der Waals surface area contributed by atoms with Crippen LogP contribution in [0.2, 0.25) is 20.1 Å². The highest BCUT2D eigenvalue weighted by atomic mass is 35.5. The van der Waals surface area contributed by atoms with Crippen LogP contribution in [0.4, 0.5) is 5.69 Å². The van der Waals surface area contributed by atoms with Gasteiger partial charge < -0.3 is 5.11 Å². The molecular formula is C13H6Cl5NO. The fourth-order valence-corrected chi connectivity index (χ4v) is 2.79. The van der Waals surface area contributed by atoms with Gasteiger partial charge in [0.1, 0.15) is 16.6 Å². The van der Waals surface area contributed by atoms with Gasteiger partial charge in [-0.15, -0.1) is 0 Å². The Hall–Kier alpha value is -0.640. The average Bonchev–Trinajstić information content (AvgIpc) is 2.36. The van der Waals surface area contributed by atoms with Gasteiger partial charge >= 0.3 is 0 Å². The van der Waals surface area contributed by atoms with Crippen molar-refractivity contribution in [2.75, 3.05) is 0 Å². The lowest BCUT2D eigenvalue weighted by Gasteiger charge is -2.06. The van der Waals surface area contributed by atoms with Crippen molar-refractivity contribution in [3.63, 3.8) is 0 Å². The molecule has 1 N–H and O–H groups in total. The van der Waals surface area contributed by atoms with Gasteiger partial charge in [0.25, 0.3) is 0 Å². The first-order chi connectivity index (χ1) is 9.40. The largest absolute Gasteiger partial charge is 0.506 e. The topological polar surface area (TPSA) is 32.6 Å². The number of phenolic OH excluding ortho intramolecular Hbond substituents is 1. The zero-order valence-electron chi connectivity index (χ0n) is 9.67. The van der Waals surface area contributed by atoms with Gasteiger partial charge in [-0.2, -0.15) is 0 Å². The van der Waals surface area contributed by atoms with Gasteiger partial charge in [-0.25, -0.2) is 4.99 Å². The van der Waals surface area contributed by atoms with E-state index in [-0.39, 0.29) is 37.2 Å². The van der Waals surface area contributed by atoms with Crippen LogP contribution >= 0.6 is 58.0 Å². The van der Waals surface area contributed by atoms with Crippen molar-refractivity contribution < 1.29 is 5.11 Å². The molecule has 0 amide bonds. The smallest absolute Gasteiger partial charge is 0.144 e. The lowest BCUT2D eigenvalue weighted by molar-refractivity contribution is 0.474. The number of aliphatic imine (C=N–C) groups is 1. The number of para-hydroxylation sites is 1. The number of halogens is 5. The minimum atomic E-state index is -0.163. The second-order valence-electron chi connectivity index (χ2n) is 3.76. The third kappa shape index (κ3) is 3.33. The van der Waals surface area contributed by atoms with Gasteiger partial charge in [-0.05, 0) is 24.3 Å². The van der Waals surface area contributed by atoms with Crippen LogP contribution in [-0.4, -0.2) is 10.3 Å². The van der Waals surface area contributed by atoms with E-state index < -0.39 is 0 Å². The summed E-state index contributed by atoms with van der Waals surface area (Å²) in [5.74, 6) is -0.163. The van der Waals surface area contributed by atoms with Crippen molar-refractivity contribution in [1.29, 1.82) is 0 Å². The summed E-state index contributed by atoms with van der Waals surface area (Å²) < 4.78 is 0. The highest BCUT2D eigenvalue weighted by molar-refractivity contribution is 6.70. The maximum absolute atomic E-state index is 9.84. The number of benzene rings is 2. The van der Waals surface area contributed by atoms with Crippen LogP contribution in [0.5, 0.6) is 5.75 Å². The summed E-state index contributed by atoms with van der Waals surface area (Å²) in [6.45, 7) is 0. The number of nitrogens with zero attached hydrogens (tertiary/aromatic N) is 1. The molecule has 0 aliphatic rings. The SMILES string of the molecule is Oc1c(Cl)cccc1C(Cl)=Nc1c(Cl)cc(Cl)cc1Cl. The molecule has 0 atom stereocenters. The maximum atomic E-state index is 9.84. The molecular weight excluding hydrogens is 363 g/mol. The van der Waals surface area contributed by atoms with Crippen LogP contribution in [0.15, 0.2) is 35.3 Å². The van der Waals surface area contributed by atoms with E-state index in [2.05, 4.69) is 4.99 Å². The summed E-state index contributed by atoms with van der Waals surface area (Å²) in [5, 5.41) is 10.9. The minimum absolute atomic E-state index is 0.0103. The normalized spacial score (nSPS) is 11.8. The fraction of sp³-hybridized carbons (Fsp3) is 0. The van der Waals surface area contributed by atoms with Gasteiger partial charge in [-0.1, -0.05) is 64.1 Å². The molecule has 7 heteroatoms. The summed E-state index contributed by atoms with van der Waals surface area (Å²) >= 11 is 29.7. The van der Waals surface area contributed by atoms with Gasteiger partial charge in [0.2, 0.25) is 0 Å². The molecule has 0 saturated heterocycles. The Labute approximate surface area is 140 Å². The number of aromatic hydroxyl groups is 1. The molecule has 0 aromatic heterocycles. The zero-order valence-corrected chi connectivity index (χ0v) is 13.5. The molecule has 2 nitrogen and oxygen atoms in total. The van der Waals surface area contributed by atoms with E-state index in [0.29, 0.717) is 5.02 Å². The molecule has 104 valence electrons. The summed E-state index contributed by atoms with van der Waals surface area (Å²) in [5.41, 5.74) is 0.545. The highest BCUT2D eigenvalue weighted by Crippen LogP contribution is 2.37. The van der Waals surface area contributed by atoms with E-state index in [9.17, 15) is 5.11 Å². The second-order valence-corrected chi connectivity index (χ2v) is 5.77. The number of rotatable bonds is 2. The Bertz CT molecular complexity index is 676. The predicted octanol–water partition coefficient (Wildman–Crippen LogP) is 6.32. The first-order valence-electron chi connectivity index (χ1n) is 5.26. The van der Waals surface area contributed by atoms with Gasteiger partial charge in [0.05, 0.1) is 20.6 Å². The van der Waals surface area contributed by atoms with Crippen molar-refractivity contribution in [2.24, 2.45) is 4.99 Å². The third-order valence-corrected chi connectivity index (χ3v) is 3.79. The molecule has 0 heterocycles. The van der Waals surface area contributed by atoms with Crippen LogP contribution < -0.4 is 0 Å². The van der Waals surface area contributed by atoms with E-state index in [4.69, 9.17) is 58.0 Å². The maximum Gasteiger partial charge on any atom is 0.144 e. The molecule has 2 rings (SSSR count). The van der Waals surface area contributed by atoms with Gasteiger partial charge in [0.15, 0.2) is 0 Å². The Morgan fingerprint density at radius 1 is 0.950 bits per heavy atom. The lowest BCUT2D eigenvalue weighted by atomic mass is 10.2. The molecule has 0 spiro atoms. The fourth-order valence-electron chi connectivity index (χ4n) is 1.48. The monoisotopic (exact) mass is 367 g/mol. The number of hydrogen-bond donors (Lipinski definition) is 1. The standard InChI is InChI=1S/C13H6Cl5NO/c14-6-4-9(16)11(10(17)5-6)19-13(18)7-2-1-3-8(15)12(7)20/h1-5,20H. The first kappa shape index (κ1) is 15.7. The van der Waals surface area contributed by atoms with Crippen molar-refractivity contribution in [2.45, 2.75) is 0 Å². The molecule has 2 aromatic carbocycles. The van der Waals surface area contributed by atoms with E-state index in [0.717, 1.165) is 0 Å². The summed E-state index contributed by atoms with van der Waals surface area (Å²) in [6, 6.07) is 7.74. The first-order valence-corrected chi connectivity index (χ1v) is 7.15. The van der Waals surface area contributed by atoms with Crippen molar-refractivity contribution in [3.05, 3.63) is 56.0 Å². The van der Waals surface area contributed by atoms with Crippen LogP contribution in [0, 0.1) is 0 Å². The van der Waals surface area contributed by atoms with E-state index in [1.165, 1.54) is 18.2 Å². The molecule has 0 aliphatic heterocycles. The van der Waals surface area contributed by atoms with Crippen molar-refractivity contribution in [3.8, 4) is 5.75 Å². The van der Waals surface area contributed by atoms with Crippen LogP contribution in [-0.2, 0) is 0 Å². The Kier molecular flexibility index (Phi) is 5.05. The van der Waals surface area contributed by atoms with Crippen molar-refractivity contribution in [1.82, 2.24) is 0 Å². The van der Waals surface area contributed by atoms with Crippen LogP contribution in [0.3, 0.4) is 0 Å². The van der Waals surface area contributed by atoms with Crippen LogP contribution in [0.1, 0.15) is 5.56 Å². The Balaban J connectivity index is 2.53.